The third kappa shape index (κ3) is 5.46. The average Bonchev–Trinajstić information content (AvgIpc) is 2.71. The van der Waals surface area contributed by atoms with Gasteiger partial charge in [0.15, 0.2) is 11.5 Å². The maximum atomic E-state index is 13.5. The number of nitrogens with zero attached hydrogens (tertiary/aromatic N) is 4. The number of hydrogen-bond donors (Lipinski definition) is 1. The van der Waals surface area contributed by atoms with Crippen molar-refractivity contribution in [2.24, 2.45) is 11.3 Å². The van der Waals surface area contributed by atoms with E-state index in [0.717, 1.165) is 18.9 Å². The highest BCUT2D eigenvalue weighted by atomic mass is 19.4. The van der Waals surface area contributed by atoms with Gasteiger partial charge < -0.3 is 10.2 Å². The molecule has 1 amide bonds. The van der Waals surface area contributed by atoms with E-state index in [0.29, 0.717) is 19.6 Å². The first-order valence-corrected chi connectivity index (χ1v) is 9.95. The Bertz CT molecular complexity index is 880. The molecule has 0 radical (unpaired) electrons. The molecule has 0 aromatic carbocycles. The van der Waals surface area contributed by atoms with E-state index in [1.54, 1.807) is 18.2 Å². The molecule has 1 N–H and O–H groups in total. The first kappa shape index (κ1) is 22.0. The van der Waals surface area contributed by atoms with Crippen molar-refractivity contribution in [3.05, 3.63) is 36.2 Å². The van der Waals surface area contributed by atoms with Gasteiger partial charge in [0.25, 0.3) is 0 Å². The number of pyridine rings is 1. The Balaban J connectivity index is 1.82. The van der Waals surface area contributed by atoms with Crippen LogP contribution in [-0.4, -0.2) is 40.5 Å². The zero-order valence-electron chi connectivity index (χ0n) is 17.3. The molecule has 0 bridgehead atoms. The lowest BCUT2D eigenvalue weighted by atomic mass is 9.94. The molecule has 2 aromatic heterocycles. The Kier molecular flexibility index (Phi) is 6.28. The summed E-state index contributed by atoms with van der Waals surface area (Å²) in [6, 6.07) is 5.93. The number of anilines is 1. The van der Waals surface area contributed by atoms with E-state index in [2.05, 4.69) is 20.3 Å². The van der Waals surface area contributed by atoms with Crippen LogP contribution in [0.5, 0.6) is 0 Å². The molecule has 1 aliphatic rings. The van der Waals surface area contributed by atoms with Gasteiger partial charge in [-0.25, -0.2) is 9.97 Å². The summed E-state index contributed by atoms with van der Waals surface area (Å²) in [5.74, 6) is 0.263. The molecule has 0 saturated carbocycles. The second-order valence-corrected chi connectivity index (χ2v) is 8.56. The fourth-order valence-corrected chi connectivity index (χ4v) is 3.29. The van der Waals surface area contributed by atoms with Crippen molar-refractivity contribution in [3.8, 4) is 11.5 Å². The average molecular weight is 421 g/mol. The van der Waals surface area contributed by atoms with Gasteiger partial charge in [0, 0.05) is 37.3 Å². The fourth-order valence-electron chi connectivity index (χ4n) is 3.29. The molecule has 1 aliphatic heterocycles. The van der Waals surface area contributed by atoms with Crippen LogP contribution in [0.25, 0.3) is 11.5 Å². The number of hydrogen-bond acceptors (Lipinski definition) is 5. The zero-order valence-corrected chi connectivity index (χ0v) is 17.3. The number of amides is 1. The summed E-state index contributed by atoms with van der Waals surface area (Å²) in [4.78, 5) is 26.1. The molecule has 6 nitrogen and oxygen atoms in total. The summed E-state index contributed by atoms with van der Waals surface area (Å²) in [5.41, 5.74) is -1.19. The summed E-state index contributed by atoms with van der Waals surface area (Å²) >= 11 is 0. The summed E-state index contributed by atoms with van der Waals surface area (Å²) in [6.45, 7) is 7.12. The van der Waals surface area contributed by atoms with Crippen LogP contribution in [0.1, 0.15) is 39.3 Å². The molecule has 3 rings (SSSR count). The van der Waals surface area contributed by atoms with Crippen LogP contribution in [0.2, 0.25) is 0 Å². The molecule has 0 spiro atoms. The normalized spacial score (nSPS) is 17.7. The monoisotopic (exact) mass is 421 g/mol. The quantitative estimate of drug-likeness (QED) is 0.810. The Hall–Kier alpha value is -2.71. The predicted octanol–water partition coefficient (Wildman–Crippen LogP) is 3.94. The summed E-state index contributed by atoms with van der Waals surface area (Å²) in [7, 11) is 0. The van der Waals surface area contributed by atoms with E-state index in [1.165, 1.54) is 6.20 Å². The molecule has 1 atom stereocenters. The van der Waals surface area contributed by atoms with Crippen LogP contribution in [0.3, 0.4) is 0 Å². The number of alkyl halides is 3. The molecule has 9 heteroatoms. The van der Waals surface area contributed by atoms with Crippen molar-refractivity contribution in [1.29, 1.82) is 0 Å². The Morgan fingerprint density at radius 3 is 2.63 bits per heavy atom. The number of carbonyl (C=O) groups is 1. The number of aromatic nitrogens is 3. The molecule has 162 valence electrons. The van der Waals surface area contributed by atoms with Gasteiger partial charge in [0.2, 0.25) is 5.91 Å². The van der Waals surface area contributed by atoms with Crippen molar-refractivity contribution in [2.45, 2.75) is 39.8 Å². The summed E-state index contributed by atoms with van der Waals surface area (Å²) in [5, 5.41) is 2.95. The zero-order chi connectivity index (χ0) is 21.9. The molecule has 30 heavy (non-hydrogen) atoms. The smallest absolute Gasteiger partial charge is 0.356 e. The van der Waals surface area contributed by atoms with Crippen molar-refractivity contribution < 1.29 is 18.0 Å². The van der Waals surface area contributed by atoms with Gasteiger partial charge in [-0.15, -0.1) is 0 Å². The molecule has 0 aliphatic carbocycles. The minimum atomic E-state index is -4.59. The third-order valence-electron chi connectivity index (χ3n) is 4.97. The van der Waals surface area contributed by atoms with E-state index in [9.17, 15) is 18.0 Å². The van der Waals surface area contributed by atoms with Crippen LogP contribution >= 0.6 is 0 Å². The molecular formula is C21H26F3N5O. The second kappa shape index (κ2) is 8.57. The van der Waals surface area contributed by atoms with Gasteiger partial charge in [-0.1, -0.05) is 26.8 Å². The van der Waals surface area contributed by atoms with Crippen LogP contribution in [0.15, 0.2) is 30.5 Å². The van der Waals surface area contributed by atoms with Gasteiger partial charge in [0.1, 0.15) is 11.5 Å². The molecule has 2 aromatic rings. The molecule has 1 saturated heterocycles. The lowest BCUT2D eigenvalue weighted by Crippen LogP contribution is -2.43. The molecular weight excluding hydrogens is 395 g/mol. The Labute approximate surface area is 173 Å². The molecule has 3 heterocycles. The number of rotatable bonds is 4. The Morgan fingerprint density at radius 1 is 1.23 bits per heavy atom. The number of carbonyl (C=O) groups excluding carboxylic acids is 1. The largest absolute Gasteiger partial charge is 0.433 e. The summed E-state index contributed by atoms with van der Waals surface area (Å²) < 4.78 is 40.4. The van der Waals surface area contributed by atoms with E-state index in [4.69, 9.17) is 0 Å². The third-order valence-corrected chi connectivity index (χ3v) is 4.97. The highest BCUT2D eigenvalue weighted by molar-refractivity contribution is 5.81. The van der Waals surface area contributed by atoms with Gasteiger partial charge >= 0.3 is 6.18 Å². The van der Waals surface area contributed by atoms with E-state index < -0.39 is 17.3 Å². The maximum Gasteiger partial charge on any atom is 0.433 e. The number of halogens is 3. The SMILES string of the molecule is CC(C)(C)C(=O)NCC1CCCN(c2cc(C(F)(F)F)nc(-c3ccccn3)n2)C1. The first-order valence-electron chi connectivity index (χ1n) is 9.95. The van der Waals surface area contributed by atoms with Gasteiger partial charge in [0.05, 0.1) is 0 Å². The molecule has 1 unspecified atom stereocenters. The van der Waals surface area contributed by atoms with E-state index in [1.807, 2.05) is 25.7 Å². The van der Waals surface area contributed by atoms with E-state index in [-0.39, 0.29) is 29.2 Å². The van der Waals surface area contributed by atoms with Crippen LogP contribution in [-0.2, 0) is 11.0 Å². The lowest BCUT2D eigenvalue weighted by molar-refractivity contribution is -0.141. The minimum Gasteiger partial charge on any atom is -0.356 e. The van der Waals surface area contributed by atoms with Crippen molar-refractivity contribution in [3.63, 3.8) is 0 Å². The highest BCUT2D eigenvalue weighted by Crippen LogP contribution is 2.32. The topological polar surface area (TPSA) is 71.0 Å². The lowest BCUT2D eigenvalue weighted by Gasteiger charge is -2.34. The van der Waals surface area contributed by atoms with Gasteiger partial charge in [-0.2, -0.15) is 13.2 Å². The minimum absolute atomic E-state index is 0.0431. The molecule has 1 fully saturated rings. The fraction of sp³-hybridized carbons (Fsp3) is 0.524. The maximum absolute atomic E-state index is 13.5. The number of nitrogens with one attached hydrogen (secondary N) is 1. The summed E-state index contributed by atoms with van der Waals surface area (Å²) in [6.07, 6.45) is -1.39. The predicted molar refractivity (Wildman–Crippen MR) is 108 cm³/mol. The van der Waals surface area contributed by atoms with Crippen molar-refractivity contribution in [1.82, 2.24) is 20.3 Å². The van der Waals surface area contributed by atoms with Crippen LogP contribution in [0.4, 0.5) is 19.0 Å². The number of piperidine rings is 1. The van der Waals surface area contributed by atoms with Gasteiger partial charge in [-0.3, -0.25) is 9.78 Å². The van der Waals surface area contributed by atoms with Crippen molar-refractivity contribution in [2.75, 3.05) is 24.5 Å². The van der Waals surface area contributed by atoms with Crippen LogP contribution < -0.4 is 10.2 Å². The Morgan fingerprint density at radius 2 is 2.00 bits per heavy atom. The standard InChI is InChI=1S/C21H26F3N5O/c1-20(2,3)19(30)26-12-14-7-6-10-29(13-14)17-11-16(21(22,23)24)27-18(28-17)15-8-4-5-9-25-15/h4-5,8-9,11,14H,6-7,10,12-13H2,1-3H3,(H,26,30). The van der Waals surface area contributed by atoms with Gasteiger partial charge in [-0.05, 0) is 30.9 Å². The van der Waals surface area contributed by atoms with Crippen molar-refractivity contribution >= 4 is 11.7 Å². The first-order chi connectivity index (χ1) is 14.0. The van der Waals surface area contributed by atoms with E-state index >= 15 is 0 Å². The second-order valence-electron chi connectivity index (χ2n) is 8.56. The highest BCUT2D eigenvalue weighted by Gasteiger charge is 2.35. The van der Waals surface area contributed by atoms with Crippen LogP contribution in [0, 0.1) is 11.3 Å².